The van der Waals surface area contributed by atoms with E-state index in [9.17, 15) is 14.7 Å². The molecule has 1 saturated heterocycles. The van der Waals surface area contributed by atoms with Crippen molar-refractivity contribution in [1.82, 2.24) is 20.2 Å². The highest BCUT2D eigenvalue weighted by molar-refractivity contribution is 5.87. The number of aliphatic hydroxyl groups is 1. The maximum absolute atomic E-state index is 13.6. The number of β-amino-alcohol motifs (C(OH)–C–C–N with tert-alkyl or cyclic N) is 1. The molecule has 2 heterocycles. The molecule has 1 aliphatic heterocycles. The number of rotatable bonds is 5. The number of hydrogen-bond acceptors (Lipinski definition) is 5. The summed E-state index contributed by atoms with van der Waals surface area (Å²) >= 11 is 0. The van der Waals surface area contributed by atoms with Crippen molar-refractivity contribution in [1.29, 1.82) is 0 Å². The van der Waals surface area contributed by atoms with Crippen LogP contribution in [0.25, 0.3) is 0 Å². The molecule has 0 radical (unpaired) electrons. The fourth-order valence-corrected chi connectivity index (χ4v) is 4.01. The first-order valence-electron chi connectivity index (χ1n) is 11.4. The molecule has 1 aromatic carbocycles. The third-order valence-corrected chi connectivity index (χ3v) is 5.54. The van der Waals surface area contributed by atoms with E-state index in [2.05, 4.69) is 15.3 Å². The molecule has 0 unspecified atom stereocenters. The molecular formula is C25H36N4O4. The van der Waals surface area contributed by atoms with Gasteiger partial charge in [-0.3, -0.25) is 4.79 Å². The summed E-state index contributed by atoms with van der Waals surface area (Å²) in [4.78, 5) is 35.5. The number of imidazole rings is 1. The van der Waals surface area contributed by atoms with E-state index in [0.29, 0.717) is 18.7 Å². The van der Waals surface area contributed by atoms with Crippen LogP contribution >= 0.6 is 0 Å². The van der Waals surface area contributed by atoms with Gasteiger partial charge in [-0.1, -0.05) is 51.1 Å². The number of amides is 2. The first-order chi connectivity index (χ1) is 15.3. The lowest BCUT2D eigenvalue weighted by Gasteiger charge is -2.35. The van der Waals surface area contributed by atoms with Crippen LogP contribution in [-0.2, 0) is 16.0 Å². The number of likely N-dealkylation sites (tertiary alicyclic amines) is 1. The number of aliphatic hydroxyl groups excluding tert-OH is 1. The summed E-state index contributed by atoms with van der Waals surface area (Å²) < 4.78 is 5.38. The molecule has 0 bridgehead atoms. The minimum atomic E-state index is -0.820. The number of aromatic amines is 1. The molecule has 8 nitrogen and oxygen atoms in total. The summed E-state index contributed by atoms with van der Waals surface area (Å²) in [6, 6.07) is 8.83. The monoisotopic (exact) mass is 456 g/mol. The molecular weight excluding hydrogens is 420 g/mol. The van der Waals surface area contributed by atoms with Crippen LogP contribution in [-0.4, -0.2) is 56.3 Å². The van der Waals surface area contributed by atoms with E-state index in [1.165, 1.54) is 0 Å². The van der Waals surface area contributed by atoms with Crippen LogP contribution < -0.4 is 5.32 Å². The van der Waals surface area contributed by atoms with Crippen molar-refractivity contribution in [3.05, 3.63) is 53.6 Å². The second-order valence-electron chi connectivity index (χ2n) is 10.8. The van der Waals surface area contributed by atoms with E-state index in [1.807, 2.05) is 51.1 Å². The van der Waals surface area contributed by atoms with Gasteiger partial charge >= 0.3 is 6.09 Å². The molecule has 180 valence electrons. The number of carbonyl (C=O) groups is 2. The number of benzene rings is 1. The first-order valence-corrected chi connectivity index (χ1v) is 11.4. The second-order valence-corrected chi connectivity index (χ2v) is 10.8. The minimum absolute atomic E-state index is 0.181. The number of carbonyl (C=O) groups excluding carboxylic acids is 2. The van der Waals surface area contributed by atoms with Crippen LogP contribution in [0.3, 0.4) is 0 Å². The first kappa shape index (κ1) is 24.8. The van der Waals surface area contributed by atoms with Crippen LogP contribution in [0.1, 0.15) is 71.1 Å². The predicted octanol–water partition coefficient (Wildman–Crippen LogP) is 3.57. The van der Waals surface area contributed by atoms with Crippen molar-refractivity contribution in [3.63, 3.8) is 0 Å². The standard InChI is InChI=1S/C25H36N4O4/c1-24(2,3)20(28-23(32)33-25(4,5)6)22(31)29-15-18(30)13-19(29)21-26-14-17(27-21)12-16-10-8-7-9-11-16/h7-11,14,18-20,30H,12-13,15H2,1-6H3,(H,26,27)(H,28,32)/t18-,19+,20-/m1/s1. The fraction of sp³-hybridized carbons (Fsp3) is 0.560. The molecule has 1 fully saturated rings. The summed E-state index contributed by atoms with van der Waals surface area (Å²) in [5.74, 6) is 0.367. The number of hydrogen-bond donors (Lipinski definition) is 3. The third kappa shape index (κ3) is 6.57. The molecule has 3 rings (SSSR count). The summed E-state index contributed by atoms with van der Waals surface area (Å²) in [6.07, 6.45) is 1.55. The van der Waals surface area contributed by atoms with Gasteiger partial charge in [0, 0.05) is 31.3 Å². The van der Waals surface area contributed by atoms with E-state index in [4.69, 9.17) is 4.74 Å². The molecule has 0 saturated carbocycles. The van der Waals surface area contributed by atoms with Gasteiger partial charge in [-0.05, 0) is 31.7 Å². The molecule has 0 aliphatic carbocycles. The third-order valence-electron chi connectivity index (χ3n) is 5.54. The Morgan fingerprint density at radius 1 is 1.21 bits per heavy atom. The summed E-state index contributed by atoms with van der Waals surface area (Å²) in [6.45, 7) is 11.2. The van der Waals surface area contributed by atoms with Crippen LogP contribution in [0.15, 0.2) is 36.5 Å². The molecule has 33 heavy (non-hydrogen) atoms. The highest BCUT2D eigenvalue weighted by Crippen LogP contribution is 2.33. The fourth-order valence-electron chi connectivity index (χ4n) is 4.01. The zero-order chi connectivity index (χ0) is 24.4. The normalized spacial score (nSPS) is 19.9. The summed E-state index contributed by atoms with van der Waals surface area (Å²) in [5.41, 5.74) is 0.851. The van der Waals surface area contributed by atoms with Crippen molar-refractivity contribution in [3.8, 4) is 0 Å². The van der Waals surface area contributed by atoms with Gasteiger partial charge in [0.15, 0.2) is 0 Å². The molecule has 3 atom stereocenters. The zero-order valence-corrected chi connectivity index (χ0v) is 20.4. The maximum Gasteiger partial charge on any atom is 0.408 e. The Morgan fingerprint density at radius 3 is 2.48 bits per heavy atom. The van der Waals surface area contributed by atoms with Crippen LogP contribution in [0, 0.1) is 5.41 Å². The van der Waals surface area contributed by atoms with E-state index in [1.54, 1.807) is 31.9 Å². The molecule has 8 heteroatoms. The smallest absolute Gasteiger partial charge is 0.408 e. The van der Waals surface area contributed by atoms with Crippen LogP contribution in [0.4, 0.5) is 4.79 Å². The Hall–Kier alpha value is -2.87. The van der Waals surface area contributed by atoms with E-state index < -0.39 is 35.3 Å². The molecule has 1 aliphatic rings. The van der Waals surface area contributed by atoms with Crippen molar-refractivity contribution < 1.29 is 19.4 Å². The summed E-state index contributed by atoms with van der Waals surface area (Å²) in [7, 11) is 0. The van der Waals surface area contributed by atoms with Gasteiger partial charge in [0.25, 0.3) is 0 Å². The van der Waals surface area contributed by atoms with Crippen molar-refractivity contribution in [2.45, 2.75) is 78.2 Å². The SMILES string of the molecule is CC(C)(C)OC(=O)N[C@H](C(=O)N1C[C@H](O)C[C@H]1c1ncc(Cc2ccccc2)[nH]1)C(C)(C)C. The van der Waals surface area contributed by atoms with Gasteiger partial charge < -0.3 is 25.0 Å². The van der Waals surface area contributed by atoms with Gasteiger partial charge in [0.2, 0.25) is 5.91 Å². The summed E-state index contributed by atoms with van der Waals surface area (Å²) in [5, 5.41) is 13.1. The topological polar surface area (TPSA) is 108 Å². The Morgan fingerprint density at radius 2 is 1.88 bits per heavy atom. The number of ether oxygens (including phenoxy) is 1. The average molecular weight is 457 g/mol. The Balaban J connectivity index is 1.79. The van der Waals surface area contributed by atoms with Gasteiger partial charge in [-0.25, -0.2) is 9.78 Å². The van der Waals surface area contributed by atoms with Crippen molar-refractivity contribution in [2.75, 3.05) is 6.54 Å². The Kier molecular flexibility index (Phi) is 7.17. The largest absolute Gasteiger partial charge is 0.444 e. The molecule has 2 amide bonds. The van der Waals surface area contributed by atoms with Crippen molar-refractivity contribution >= 4 is 12.0 Å². The quantitative estimate of drug-likeness (QED) is 0.638. The van der Waals surface area contributed by atoms with Crippen LogP contribution in [0.5, 0.6) is 0 Å². The van der Waals surface area contributed by atoms with Gasteiger partial charge in [0.05, 0.1) is 12.1 Å². The number of alkyl carbamates (subject to hydrolysis) is 1. The van der Waals surface area contributed by atoms with Gasteiger partial charge in [0.1, 0.15) is 17.5 Å². The number of nitrogens with zero attached hydrogens (tertiary/aromatic N) is 2. The predicted molar refractivity (Wildman–Crippen MR) is 126 cm³/mol. The van der Waals surface area contributed by atoms with Gasteiger partial charge in [-0.15, -0.1) is 0 Å². The zero-order valence-electron chi connectivity index (χ0n) is 20.4. The second kappa shape index (κ2) is 9.55. The number of aromatic nitrogens is 2. The van der Waals surface area contributed by atoms with E-state index in [-0.39, 0.29) is 12.5 Å². The number of nitrogens with one attached hydrogen (secondary N) is 2. The highest BCUT2D eigenvalue weighted by Gasteiger charge is 2.43. The lowest BCUT2D eigenvalue weighted by atomic mass is 9.85. The highest BCUT2D eigenvalue weighted by atomic mass is 16.6. The van der Waals surface area contributed by atoms with Crippen LogP contribution in [0.2, 0.25) is 0 Å². The number of H-pyrrole nitrogens is 1. The Bertz CT molecular complexity index is 959. The lowest BCUT2D eigenvalue weighted by molar-refractivity contribution is -0.137. The minimum Gasteiger partial charge on any atom is -0.444 e. The van der Waals surface area contributed by atoms with Crippen molar-refractivity contribution in [2.24, 2.45) is 5.41 Å². The molecule has 0 spiro atoms. The molecule has 3 N–H and O–H groups in total. The van der Waals surface area contributed by atoms with E-state index in [0.717, 1.165) is 11.3 Å². The van der Waals surface area contributed by atoms with Gasteiger partial charge in [-0.2, -0.15) is 0 Å². The molecule has 1 aromatic heterocycles. The Labute approximate surface area is 195 Å². The lowest BCUT2D eigenvalue weighted by Crippen LogP contribution is -2.55. The maximum atomic E-state index is 13.6. The average Bonchev–Trinajstić information content (AvgIpc) is 3.30. The molecule has 2 aromatic rings. The van der Waals surface area contributed by atoms with E-state index >= 15 is 0 Å².